The number of Topliss-reactive ketones (excluding diaryl/α,β-unsaturated/α-hetero) is 1. The Bertz CT molecular complexity index is 667. The lowest BCUT2D eigenvalue weighted by atomic mass is 9.96. The largest absolute Gasteiger partial charge is 0.292 e. The van der Waals surface area contributed by atoms with E-state index < -0.39 is 11.7 Å². The minimum atomic E-state index is -1.05. The number of ketones is 1. The van der Waals surface area contributed by atoms with Crippen LogP contribution in [0.3, 0.4) is 0 Å². The van der Waals surface area contributed by atoms with Crippen LogP contribution in [0.25, 0.3) is 0 Å². The maximum Gasteiger partial charge on any atom is 0.186 e. The zero-order valence-electron chi connectivity index (χ0n) is 10.6. The quantitative estimate of drug-likeness (QED) is 0.639. The summed E-state index contributed by atoms with van der Waals surface area (Å²) in [4.78, 5) is 20.2. The molecule has 2 aromatic rings. The van der Waals surface area contributed by atoms with Crippen LogP contribution in [0.15, 0.2) is 41.7 Å². The molecule has 0 N–H and O–H groups in total. The summed E-state index contributed by atoms with van der Waals surface area (Å²) in [5.74, 6) is -1.93. The van der Waals surface area contributed by atoms with Crippen LogP contribution in [-0.4, -0.2) is 22.0 Å². The fourth-order valence-corrected chi connectivity index (χ4v) is 2.07. The molecule has 0 unspecified atom stereocenters. The lowest BCUT2D eigenvalue weighted by Crippen LogP contribution is -2.13. The lowest BCUT2D eigenvalue weighted by Gasteiger charge is -2.08. The first-order chi connectivity index (χ1) is 9.65. The molecule has 20 heavy (non-hydrogen) atoms. The van der Waals surface area contributed by atoms with E-state index in [4.69, 9.17) is 0 Å². The highest BCUT2D eigenvalue weighted by molar-refractivity contribution is 7.98. The summed E-state index contributed by atoms with van der Waals surface area (Å²) >= 11 is 1.41. The van der Waals surface area contributed by atoms with Crippen LogP contribution < -0.4 is 0 Å². The Morgan fingerprint density at radius 2 is 2.20 bits per heavy atom. The van der Waals surface area contributed by atoms with E-state index in [1.165, 1.54) is 30.1 Å². The average molecular weight is 287 g/mol. The Kier molecular flexibility index (Phi) is 4.43. The van der Waals surface area contributed by atoms with Crippen LogP contribution >= 0.6 is 11.8 Å². The molecule has 0 saturated carbocycles. The van der Waals surface area contributed by atoms with Gasteiger partial charge in [-0.2, -0.15) is 5.26 Å². The van der Waals surface area contributed by atoms with Gasteiger partial charge in [0.1, 0.15) is 5.82 Å². The number of carbonyl (C=O) groups is 1. The summed E-state index contributed by atoms with van der Waals surface area (Å²) in [5, 5.41) is 9.88. The van der Waals surface area contributed by atoms with Crippen molar-refractivity contribution in [3.63, 3.8) is 0 Å². The number of pyridine rings is 2. The SMILES string of the molecule is CSc1cc(C(=O)[C@H](C#N)c2ccc(F)cn2)ccn1. The third-order valence-electron chi connectivity index (χ3n) is 2.67. The Balaban J connectivity index is 2.34. The number of hydrogen-bond acceptors (Lipinski definition) is 5. The van der Waals surface area contributed by atoms with Gasteiger partial charge in [-0.3, -0.25) is 9.78 Å². The molecule has 0 amide bonds. The molecule has 0 bridgehead atoms. The van der Waals surface area contributed by atoms with Gasteiger partial charge in [-0.15, -0.1) is 11.8 Å². The monoisotopic (exact) mass is 287 g/mol. The van der Waals surface area contributed by atoms with Crippen molar-refractivity contribution >= 4 is 17.5 Å². The fourth-order valence-electron chi connectivity index (χ4n) is 1.66. The molecule has 1 atom stereocenters. The number of nitriles is 1. The molecular weight excluding hydrogens is 277 g/mol. The van der Waals surface area contributed by atoms with Crippen LogP contribution in [0.2, 0.25) is 0 Å². The van der Waals surface area contributed by atoms with E-state index >= 15 is 0 Å². The zero-order chi connectivity index (χ0) is 14.5. The summed E-state index contributed by atoms with van der Waals surface area (Å²) < 4.78 is 12.8. The average Bonchev–Trinajstić information content (AvgIpc) is 2.50. The Hall–Kier alpha value is -2.26. The lowest BCUT2D eigenvalue weighted by molar-refractivity contribution is 0.0977. The fraction of sp³-hybridized carbons (Fsp3) is 0.143. The standard InChI is InChI=1S/C14H10FN3OS/c1-20-13-6-9(4-5-17-13)14(19)11(7-16)12-3-2-10(15)8-18-12/h2-6,8,11H,1H3/t11-/m1/s1. The van der Waals surface area contributed by atoms with Crippen LogP contribution in [0.5, 0.6) is 0 Å². The van der Waals surface area contributed by atoms with Gasteiger partial charge in [0.2, 0.25) is 0 Å². The number of rotatable bonds is 4. The maximum atomic E-state index is 12.8. The van der Waals surface area contributed by atoms with Gasteiger partial charge < -0.3 is 0 Å². The van der Waals surface area contributed by atoms with Crippen molar-refractivity contribution in [3.8, 4) is 6.07 Å². The number of nitrogens with zero attached hydrogens (tertiary/aromatic N) is 3. The van der Waals surface area contributed by atoms with E-state index in [1.807, 2.05) is 12.3 Å². The number of hydrogen-bond donors (Lipinski definition) is 0. The summed E-state index contributed by atoms with van der Waals surface area (Å²) in [5.41, 5.74) is 0.628. The zero-order valence-corrected chi connectivity index (χ0v) is 11.4. The number of aromatic nitrogens is 2. The van der Waals surface area contributed by atoms with Crippen molar-refractivity contribution in [2.24, 2.45) is 0 Å². The minimum Gasteiger partial charge on any atom is -0.292 e. The molecule has 6 heteroatoms. The summed E-state index contributed by atoms with van der Waals surface area (Å²) in [6, 6.07) is 7.61. The van der Waals surface area contributed by atoms with E-state index in [0.29, 0.717) is 10.6 Å². The molecule has 0 aliphatic rings. The molecule has 0 saturated heterocycles. The first-order valence-corrected chi connectivity index (χ1v) is 6.93. The molecule has 0 radical (unpaired) electrons. The van der Waals surface area contributed by atoms with Crippen LogP contribution in [0.4, 0.5) is 4.39 Å². The van der Waals surface area contributed by atoms with Crippen LogP contribution in [0, 0.1) is 17.1 Å². The van der Waals surface area contributed by atoms with E-state index in [0.717, 1.165) is 6.20 Å². The van der Waals surface area contributed by atoms with E-state index in [9.17, 15) is 14.4 Å². The van der Waals surface area contributed by atoms with E-state index in [-0.39, 0.29) is 11.5 Å². The molecule has 2 aromatic heterocycles. The van der Waals surface area contributed by atoms with Gasteiger partial charge in [-0.25, -0.2) is 9.37 Å². The van der Waals surface area contributed by atoms with Crippen molar-refractivity contribution in [2.75, 3.05) is 6.26 Å². The number of thioether (sulfide) groups is 1. The maximum absolute atomic E-state index is 12.8. The summed E-state index contributed by atoms with van der Waals surface area (Å²) in [7, 11) is 0. The Labute approximate surface area is 119 Å². The van der Waals surface area contributed by atoms with Crippen LogP contribution in [-0.2, 0) is 0 Å². The van der Waals surface area contributed by atoms with Crippen molar-refractivity contribution in [2.45, 2.75) is 10.9 Å². The van der Waals surface area contributed by atoms with Crippen molar-refractivity contribution in [1.82, 2.24) is 9.97 Å². The first kappa shape index (κ1) is 14.2. The topological polar surface area (TPSA) is 66.6 Å². The normalized spacial score (nSPS) is 11.7. The molecule has 0 aliphatic heterocycles. The summed E-state index contributed by atoms with van der Waals surface area (Å²) in [6.07, 6.45) is 4.36. The minimum absolute atomic E-state index is 0.237. The predicted octanol–water partition coefficient (Wildman–Crippen LogP) is 2.83. The van der Waals surface area contributed by atoms with Gasteiger partial charge in [0.15, 0.2) is 11.7 Å². The predicted molar refractivity (Wildman–Crippen MR) is 72.9 cm³/mol. The molecule has 0 fully saturated rings. The smallest absolute Gasteiger partial charge is 0.186 e. The molecule has 0 aliphatic carbocycles. The van der Waals surface area contributed by atoms with Gasteiger partial charge in [0.25, 0.3) is 0 Å². The molecule has 0 spiro atoms. The van der Waals surface area contributed by atoms with Crippen molar-refractivity contribution in [1.29, 1.82) is 5.26 Å². The van der Waals surface area contributed by atoms with Gasteiger partial charge in [-0.05, 0) is 30.5 Å². The van der Waals surface area contributed by atoms with Crippen LogP contribution in [0.1, 0.15) is 22.0 Å². The molecule has 4 nitrogen and oxygen atoms in total. The summed E-state index contributed by atoms with van der Waals surface area (Å²) in [6.45, 7) is 0. The second-order valence-electron chi connectivity index (χ2n) is 3.91. The van der Waals surface area contributed by atoms with Gasteiger partial charge >= 0.3 is 0 Å². The van der Waals surface area contributed by atoms with E-state index in [2.05, 4.69) is 9.97 Å². The van der Waals surface area contributed by atoms with Crippen molar-refractivity contribution in [3.05, 3.63) is 53.7 Å². The number of halogens is 1. The molecule has 100 valence electrons. The Morgan fingerprint density at radius 3 is 2.80 bits per heavy atom. The second-order valence-corrected chi connectivity index (χ2v) is 4.74. The highest BCUT2D eigenvalue weighted by atomic mass is 32.2. The highest BCUT2D eigenvalue weighted by Gasteiger charge is 2.23. The molecular formula is C14H10FN3OS. The molecule has 2 rings (SSSR count). The molecule has 0 aromatic carbocycles. The van der Waals surface area contributed by atoms with Crippen molar-refractivity contribution < 1.29 is 9.18 Å². The third-order valence-corrected chi connectivity index (χ3v) is 3.31. The highest BCUT2D eigenvalue weighted by Crippen LogP contribution is 2.21. The number of carbonyl (C=O) groups excluding carboxylic acids is 1. The first-order valence-electron chi connectivity index (χ1n) is 5.71. The van der Waals surface area contributed by atoms with Gasteiger partial charge in [-0.1, -0.05) is 0 Å². The Morgan fingerprint density at radius 1 is 1.40 bits per heavy atom. The second kappa shape index (κ2) is 6.26. The molecule has 2 heterocycles. The third kappa shape index (κ3) is 3.00. The van der Waals surface area contributed by atoms with E-state index in [1.54, 1.807) is 12.1 Å². The van der Waals surface area contributed by atoms with Gasteiger partial charge in [0.05, 0.1) is 23.0 Å². The van der Waals surface area contributed by atoms with Gasteiger partial charge in [0, 0.05) is 11.8 Å².